The molecule has 0 unspecified atom stereocenters. The van der Waals surface area contributed by atoms with Crippen LogP contribution in [0.2, 0.25) is 0 Å². The molecule has 0 spiro atoms. The average molecular weight is 200 g/mol. The molecule has 2 N–H and O–H groups in total. The molecule has 2 aromatic rings. The highest BCUT2D eigenvalue weighted by molar-refractivity contribution is 5.67. The monoisotopic (exact) mass is 200 g/mol. The molecule has 0 radical (unpaired) electrons. The maximum Gasteiger partial charge on any atom is 0.179 e. The summed E-state index contributed by atoms with van der Waals surface area (Å²) in [6.07, 6.45) is -1.43. The lowest BCUT2D eigenvalue weighted by Gasteiger charge is -2.10. The van der Waals surface area contributed by atoms with Crippen LogP contribution in [0.3, 0.4) is 0 Å². The molecular formula is C13H12O2. The van der Waals surface area contributed by atoms with Crippen molar-refractivity contribution in [3.05, 3.63) is 60.2 Å². The molecule has 0 aliphatic rings. The summed E-state index contributed by atoms with van der Waals surface area (Å²) < 4.78 is 0. The van der Waals surface area contributed by atoms with E-state index in [9.17, 15) is 10.2 Å². The fourth-order valence-corrected chi connectivity index (χ4v) is 1.60. The van der Waals surface area contributed by atoms with Crippen LogP contribution in [0, 0.1) is 0 Å². The molecule has 2 aromatic carbocycles. The predicted octanol–water partition coefficient (Wildman–Crippen LogP) is 2.34. The molecule has 0 fully saturated rings. The summed E-state index contributed by atoms with van der Waals surface area (Å²) in [5.74, 6) is 0. The van der Waals surface area contributed by atoms with Crippen molar-refractivity contribution in [2.24, 2.45) is 0 Å². The van der Waals surface area contributed by atoms with E-state index in [0.717, 1.165) is 11.1 Å². The molecule has 0 bridgehead atoms. The van der Waals surface area contributed by atoms with Gasteiger partial charge in [-0.2, -0.15) is 0 Å². The van der Waals surface area contributed by atoms with Crippen LogP contribution in [0.4, 0.5) is 0 Å². The predicted molar refractivity (Wildman–Crippen MR) is 59.1 cm³/mol. The van der Waals surface area contributed by atoms with Gasteiger partial charge in [-0.15, -0.1) is 0 Å². The van der Waals surface area contributed by atoms with Crippen molar-refractivity contribution >= 4 is 0 Å². The SMILES string of the molecule is OC(O)c1ccccc1-c1ccccc1. The van der Waals surface area contributed by atoms with E-state index in [0.29, 0.717) is 5.56 Å². The van der Waals surface area contributed by atoms with Crippen LogP contribution in [-0.4, -0.2) is 10.2 Å². The molecule has 15 heavy (non-hydrogen) atoms. The number of rotatable bonds is 2. The van der Waals surface area contributed by atoms with Gasteiger partial charge in [0.1, 0.15) is 0 Å². The van der Waals surface area contributed by atoms with Crippen LogP contribution in [0.25, 0.3) is 11.1 Å². The Morgan fingerprint density at radius 2 is 1.33 bits per heavy atom. The zero-order valence-electron chi connectivity index (χ0n) is 8.17. The summed E-state index contributed by atoms with van der Waals surface area (Å²) >= 11 is 0. The first-order chi connectivity index (χ1) is 7.29. The molecule has 0 saturated heterocycles. The van der Waals surface area contributed by atoms with E-state index in [1.54, 1.807) is 12.1 Å². The van der Waals surface area contributed by atoms with Crippen molar-refractivity contribution in [2.75, 3.05) is 0 Å². The largest absolute Gasteiger partial charge is 0.364 e. The van der Waals surface area contributed by atoms with Crippen LogP contribution < -0.4 is 0 Å². The van der Waals surface area contributed by atoms with Crippen LogP contribution in [0.1, 0.15) is 11.9 Å². The molecule has 0 aliphatic carbocycles. The van der Waals surface area contributed by atoms with Gasteiger partial charge in [-0.1, -0.05) is 54.6 Å². The van der Waals surface area contributed by atoms with Crippen LogP contribution >= 0.6 is 0 Å². The molecule has 0 amide bonds. The van der Waals surface area contributed by atoms with E-state index in [-0.39, 0.29) is 0 Å². The highest BCUT2D eigenvalue weighted by atomic mass is 16.5. The van der Waals surface area contributed by atoms with Gasteiger partial charge in [0.05, 0.1) is 0 Å². The van der Waals surface area contributed by atoms with E-state index in [2.05, 4.69) is 0 Å². The third-order valence-electron chi connectivity index (χ3n) is 2.32. The Bertz CT molecular complexity index is 435. The third kappa shape index (κ3) is 2.06. The van der Waals surface area contributed by atoms with Gasteiger partial charge in [-0.05, 0) is 11.1 Å². The van der Waals surface area contributed by atoms with Gasteiger partial charge < -0.3 is 10.2 Å². The summed E-state index contributed by atoms with van der Waals surface area (Å²) in [5.41, 5.74) is 2.37. The van der Waals surface area contributed by atoms with Gasteiger partial charge in [0.15, 0.2) is 6.29 Å². The minimum atomic E-state index is -1.43. The van der Waals surface area contributed by atoms with Crippen molar-refractivity contribution in [1.82, 2.24) is 0 Å². The van der Waals surface area contributed by atoms with E-state index in [4.69, 9.17) is 0 Å². The van der Waals surface area contributed by atoms with Gasteiger partial charge in [-0.3, -0.25) is 0 Å². The second kappa shape index (κ2) is 4.26. The van der Waals surface area contributed by atoms with Crippen molar-refractivity contribution in [3.8, 4) is 11.1 Å². The minimum absolute atomic E-state index is 0.531. The maximum absolute atomic E-state index is 9.22. The molecule has 2 rings (SSSR count). The highest BCUT2D eigenvalue weighted by Crippen LogP contribution is 2.26. The lowest BCUT2D eigenvalue weighted by atomic mass is 9.99. The summed E-state index contributed by atoms with van der Waals surface area (Å²) in [6, 6.07) is 16.9. The maximum atomic E-state index is 9.22. The molecule has 2 nitrogen and oxygen atoms in total. The molecule has 0 heterocycles. The van der Waals surface area contributed by atoms with E-state index in [1.165, 1.54) is 0 Å². The summed E-state index contributed by atoms with van der Waals surface area (Å²) in [7, 11) is 0. The third-order valence-corrected chi connectivity index (χ3v) is 2.32. The fraction of sp³-hybridized carbons (Fsp3) is 0.0769. The first-order valence-electron chi connectivity index (χ1n) is 4.79. The Morgan fingerprint density at radius 3 is 2.00 bits per heavy atom. The zero-order valence-corrected chi connectivity index (χ0v) is 8.17. The van der Waals surface area contributed by atoms with Crippen LogP contribution in [0.15, 0.2) is 54.6 Å². The lowest BCUT2D eigenvalue weighted by molar-refractivity contribution is -0.0420. The Labute approximate surface area is 88.4 Å². The summed E-state index contributed by atoms with van der Waals surface area (Å²) in [6.45, 7) is 0. The molecule has 0 aromatic heterocycles. The normalized spacial score (nSPS) is 10.6. The molecular weight excluding hydrogens is 188 g/mol. The zero-order chi connectivity index (χ0) is 10.7. The number of aliphatic hydroxyl groups excluding tert-OH is 1. The average Bonchev–Trinajstić information content (AvgIpc) is 2.30. The van der Waals surface area contributed by atoms with Gasteiger partial charge >= 0.3 is 0 Å². The molecule has 0 saturated carbocycles. The minimum Gasteiger partial charge on any atom is -0.364 e. The van der Waals surface area contributed by atoms with E-state index >= 15 is 0 Å². The highest BCUT2D eigenvalue weighted by Gasteiger charge is 2.09. The Balaban J connectivity index is 2.53. The van der Waals surface area contributed by atoms with Crippen molar-refractivity contribution < 1.29 is 10.2 Å². The first-order valence-corrected chi connectivity index (χ1v) is 4.79. The van der Waals surface area contributed by atoms with Crippen LogP contribution in [-0.2, 0) is 0 Å². The second-order valence-corrected chi connectivity index (χ2v) is 3.33. The number of aliphatic hydroxyl groups is 2. The number of hydrogen-bond donors (Lipinski definition) is 2. The Kier molecular flexibility index (Phi) is 2.81. The van der Waals surface area contributed by atoms with Gasteiger partial charge in [0.2, 0.25) is 0 Å². The smallest absolute Gasteiger partial charge is 0.179 e. The van der Waals surface area contributed by atoms with Gasteiger partial charge in [0, 0.05) is 5.56 Å². The van der Waals surface area contributed by atoms with Crippen molar-refractivity contribution in [2.45, 2.75) is 6.29 Å². The van der Waals surface area contributed by atoms with Crippen LogP contribution in [0.5, 0.6) is 0 Å². The van der Waals surface area contributed by atoms with Crippen molar-refractivity contribution in [3.63, 3.8) is 0 Å². The lowest BCUT2D eigenvalue weighted by Crippen LogP contribution is -1.97. The molecule has 2 heteroatoms. The second-order valence-electron chi connectivity index (χ2n) is 3.33. The molecule has 0 aliphatic heterocycles. The van der Waals surface area contributed by atoms with E-state index < -0.39 is 6.29 Å². The van der Waals surface area contributed by atoms with Gasteiger partial charge in [-0.25, -0.2) is 0 Å². The van der Waals surface area contributed by atoms with Crippen molar-refractivity contribution in [1.29, 1.82) is 0 Å². The quantitative estimate of drug-likeness (QED) is 0.730. The first kappa shape index (κ1) is 9.90. The Hall–Kier alpha value is -1.64. The molecule has 76 valence electrons. The number of hydrogen-bond acceptors (Lipinski definition) is 2. The fourth-order valence-electron chi connectivity index (χ4n) is 1.60. The summed E-state index contributed by atoms with van der Waals surface area (Å²) in [4.78, 5) is 0. The Morgan fingerprint density at radius 1 is 0.733 bits per heavy atom. The van der Waals surface area contributed by atoms with Gasteiger partial charge in [0.25, 0.3) is 0 Å². The molecule has 0 atom stereocenters. The topological polar surface area (TPSA) is 40.5 Å². The van der Waals surface area contributed by atoms with E-state index in [1.807, 2.05) is 42.5 Å². The summed E-state index contributed by atoms with van der Waals surface area (Å²) in [5, 5.41) is 18.4. The standard InChI is InChI=1S/C13H12O2/c14-13(15)12-9-5-4-8-11(12)10-6-2-1-3-7-10/h1-9,13-15H. The number of benzene rings is 2.